The predicted octanol–water partition coefficient (Wildman–Crippen LogP) is -0.536. The van der Waals surface area contributed by atoms with Crippen LogP contribution in [0.2, 0.25) is 0 Å². The molecule has 2 rings (SSSR count). The fraction of sp³-hybridized carbons (Fsp3) is 0. The van der Waals surface area contributed by atoms with Crippen LogP contribution in [0.25, 0.3) is 0 Å². The Morgan fingerprint density at radius 2 is 1.76 bits per heavy atom. The zero-order valence-electron chi connectivity index (χ0n) is 8.61. The van der Waals surface area contributed by atoms with Gasteiger partial charge in [-0.25, -0.2) is 4.90 Å². The highest BCUT2D eigenvalue weighted by Crippen LogP contribution is 2.23. The van der Waals surface area contributed by atoms with Crippen LogP contribution in [0.15, 0.2) is 36.4 Å². The highest BCUT2D eigenvalue weighted by atomic mass is 16.6. The number of nitrogens with zero attached hydrogens (tertiary/aromatic N) is 1. The van der Waals surface area contributed by atoms with E-state index in [0.29, 0.717) is 5.69 Å². The normalized spacial score (nSPS) is 14.4. The molecule has 0 spiro atoms. The highest BCUT2D eigenvalue weighted by molar-refractivity contribution is 6.33. The number of amides is 2. The van der Waals surface area contributed by atoms with E-state index in [9.17, 15) is 9.59 Å². The summed E-state index contributed by atoms with van der Waals surface area (Å²) in [5.41, 5.74) is 0.308. The largest absolute Gasteiger partial charge is 0.707 e. The van der Waals surface area contributed by atoms with E-state index in [0.717, 1.165) is 17.1 Å². The molecule has 0 radical (unpaired) electrons. The van der Waals surface area contributed by atoms with E-state index in [1.54, 1.807) is 6.07 Å². The summed E-state index contributed by atoms with van der Waals surface area (Å²) in [6, 6.07) is 5.91. The Labute approximate surface area is 96.9 Å². The first-order chi connectivity index (χ1) is 8.08. The van der Waals surface area contributed by atoms with Crippen molar-refractivity contribution in [3.8, 4) is 5.75 Å². The van der Waals surface area contributed by atoms with Crippen LogP contribution in [0.3, 0.4) is 0 Å². The van der Waals surface area contributed by atoms with Gasteiger partial charge in [0.15, 0.2) is 0 Å². The molecule has 0 fully saturated rings. The summed E-state index contributed by atoms with van der Waals surface area (Å²) in [6.45, 7) is 0. The molecular weight excluding hydrogens is 225 g/mol. The van der Waals surface area contributed by atoms with Crippen LogP contribution in [0.1, 0.15) is 0 Å². The topological polar surface area (TPSA) is 87.1 Å². The molecule has 0 saturated carbocycles. The second-order valence-electron chi connectivity index (χ2n) is 3.29. The molecule has 1 aromatic rings. The van der Waals surface area contributed by atoms with Crippen molar-refractivity contribution in [2.75, 3.05) is 4.90 Å². The minimum absolute atomic E-state index is 0.144. The van der Waals surface area contributed by atoms with E-state index in [1.165, 1.54) is 18.2 Å². The van der Waals surface area contributed by atoms with E-state index in [-0.39, 0.29) is 5.75 Å². The molecule has 2 amide bonds. The first-order valence-electron chi connectivity index (χ1n) is 4.77. The van der Waals surface area contributed by atoms with E-state index < -0.39 is 19.1 Å². The van der Waals surface area contributed by atoms with E-state index in [2.05, 4.69) is 4.65 Å². The first kappa shape index (κ1) is 11.4. The summed E-state index contributed by atoms with van der Waals surface area (Å²) in [7, 11) is -1.95. The van der Waals surface area contributed by atoms with Gasteiger partial charge in [-0.3, -0.25) is 9.59 Å². The summed E-state index contributed by atoms with van der Waals surface area (Å²) in [4.78, 5) is 23.7. The first-order valence-corrected chi connectivity index (χ1v) is 4.77. The predicted molar refractivity (Wildman–Crippen MR) is 58.9 cm³/mol. The number of benzene rings is 1. The maximum Gasteiger partial charge on any atom is 0.707 e. The van der Waals surface area contributed by atoms with Crippen LogP contribution in [-0.2, 0) is 9.59 Å². The van der Waals surface area contributed by atoms with Crippen LogP contribution in [0, 0.1) is 0 Å². The molecule has 1 aliphatic rings. The summed E-state index contributed by atoms with van der Waals surface area (Å²) in [6.07, 6.45) is 2.33. The van der Waals surface area contributed by atoms with Crippen molar-refractivity contribution >= 4 is 24.8 Å². The Hall–Kier alpha value is -2.12. The van der Waals surface area contributed by atoms with Gasteiger partial charge < -0.3 is 14.7 Å². The number of carbonyl (C=O) groups is 2. The van der Waals surface area contributed by atoms with E-state index in [4.69, 9.17) is 10.0 Å². The van der Waals surface area contributed by atoms with Gasteiger partial charge in [0, 0.05) is 18.2 Å². The van der Waals surface area contributed by atoms with Crippen molar-refractivity contribution in [2.45, 2.75) is 0 Å². The van der Waals surface area contributed by atoms with Crippen molar-refractivity contribution in [1.82, 2.24) is 0 Å². The molecule has 2 N–H and O–H groups in total. The third-order valence-corrected chi connectivity index (χ3v) is 2.13. The van der Waals surface area contributed by atoms with Crippen molar-refractivity contribution in [2.24, 2.45) is 0 Å². The minimum atomic E-state index is -1.95. The van der Waals surface area contributed by atoms with Gasteiger partial charge in [-0.15, -0.1) is 0 Å². The molecule has 86 valence electrons. The zero-order chi connectivity index (χ0) is 12.4. The molecule has 0 saturated heterocycles. The molecule has 0 unspecified atom stereocenters. The molecule has 0 aromatic heterocycles. The Bertz CT molecular complexity index is 481. The molecule has 7 heteroatoms. The molecule has 1 aliphatic heterocycles. The quantitative estimate of drug-likeness (QED) is 0.541. The van der Waals surface area contributed by atoms with Crippen LogP contribution >= 0.6 is 0 Å². The minimum Gasteiger partial charge on any atom is -0.512 e. The Morgan fingerprint density at radius 1 is 1.12 bits per heavy atom. The molecule has 1 aromatic carbocycles. The standard InChI is InChI=1S/C10H8BNO5/c13-9-4-5-10(14)12(9)7-2-1-3-8(6-7)17-11(15)16/h1-6,15-16H. The van der Waals surface area contributed by atoms with Crippen LogP contribution in [0.5, 0.6) is 5.75 Å². The maximum atomic E-state index is 11.4. The maximum absolute atomic E-state index is 11.4. The number of hydrogen-bond acceptors (Lipinski definition) is 5. The molecule has 0 aliphatic carbocycles. The Balaban J connectivity index is 2.27. The van der Waals surface area contributed by atoms with Gasteiger partial charge in [-0.1, -0.05) is 6.07 Å². The summed E-state index contributed by atoms with van der Waals surface area (Å²) >= 11 is 0. The van der Waals surface area contributed by atoms with Crippen molar-refractivity contribution in [1.29, 1.82) is 0 Å². The third kappa shape index (κ3) is 2.35. The lowest BCUT2D eigenvalue weighted by Gasteiger charge is -2.15. The Kier molecular flexibility index (Phi) is 2.94. The highest BCUT2D eigenvalue weighted by Gasteiger charge is 2.25. The van der Waals surface area contributed by atoms with Crippen LogP contribution < -0.4 is 9.55 Å². The molecule has 17 heavy (non-hydrogen) atoms. The summed E-state index contributed by atoms with van der Waals surface area (Å²) in [5, 5.41) is 17.3. The molecule has 6 nitrogen and oxygen atoms in total. The molecular formula is C10H8BNO5. The third-order valence-electron chi connectivity index (χ3n) is 2.13. The second kappa shape index (κ2) is 4.40. The van der Waals surface area contributed by atoms with Gasteiger partial charge in [0.1, 0.15) is 5.75 Å². The molecule has 1 heterocycles. The summed E-state index contributed by atoms with van der Waals surface area (Å²) < 4.78 is 4.63. The summed E-state index contributed by atoms with van der Waals surface area (Å²) in [5.74, 6) is -0.751. The van der Waals surface area contributed by atoms with Crippen molar-refractivity contribution in [3.05, 3.63) is 36.4 Å². The monoisotopic (exact) mass is 233 g/mol. The number of imide groups is 1. The van der Waals surface area contributed by atoms with Crippen LogP contribution in [0.4, 0.5) is 5.69 Å². The zero-order valence-corrected chi connectivity index (χ0v) is 8.61. The van der Waals surface area contributed by atoms with Gasteiger partial charge in [-0.2, -0.15) is 0 Å². The lowest BCUT2D eigenvalue weighted by atomic mass is 10.2. The smallest absolute Gasteiger partial charge is 0.512 e. The SMILES string of the molecule is O=C1C=CC(=O)N1c1cccc(OB(O)O)c1. The molecule has 0 bridgehead atoms. The number of carbonyl (C=O) groups excluding carboxylic acids is 2. The van der Waals surface area contributed by atoms with Gasteiger partial charge in [0.05, 0.1) is 5.69 Å². The van der Waals surface area contributed by atoms with Gasteiger partial charge >= 0.3 is 7.32 Å². The number of rotatable bonds is 3. The lowest BCUT2D eigenvalue weighted by Crippen LogP contribution is -2.29. The van der Waals surface area contributed by atoms with E-state index >= 15 is 0 Å². The fourth-order valence-electron chi connectivity index (χ4n) is 1.47. The van der Waals surface area contributed by atoms with Crippen molar-refractivity contribution in [3.63, 3.8) is 0 Å². The van der Waals surface area contributed by atoms with Crippen molar-refractivity contribution < 1.29 is 24.3 Å². The average molecular weight is 233 g/mol. The number of hydrogen-bond donors (Lipinski definition) is 2. The number of anilines is 1. The molecule has 0 atom stereocenters. The van der Waals surface area contributed by atoms with Gasteiger partial charge in [0.2, 0.25) is 0 Å². The van der Waals surface area contributed by atoms with Gasteiger partial charge in [0.25, 0.3) is 11.8 Å². The second-order valence-corrected chi connectivity index (χ2v) is 3.29. The fourth-order valence-corrected chi connectivity index (χ4v) is 1.47. The lowest BCUT2D eigenvalue weighted by molar-refractivity contribution is -0.119. The average Bonchev–Trinajstić information content (AvgIpc) is 2.58. The van der Waals surface area contributed by atoms with Gasteiger partial charge in [-0.05, 0) is 12.1 Å². The van der Waals surface area contributed by atoms with Crippen LogP contribution in [-0.4, -0.2) is 29.2 Å². The van der Waals surface area contributed by atoms with E-state index in [1.807, 2.05) is 0 Å². The Morgan fingerprint density at radius 3 is 2.35 bits per heavy atom.